The summed E-state index contributed by atoms with van der Waals surface area (Å²) in [7, 11) is 0. The van der Waals surface area contributed by atoms with Crippen molar-refractivity contribution < 1.29 is 0 Å². The first-order valence-electron chi connectivity index (χ1n) is 9.83. The molecule has 0 aliphatic carbocycles. The predicted molar refractivity (Wildman–Crippen MR) is 137 cm³/mol. The summed E-state index contributed by atoms with van der Waals surface area (Å²) in [5.41, 5.74) is 2.75. The van der Waals surface area contributed by atoms with Gasteiger partial charge in [-0.05, 0) is 42.0 Å². The molecule has 0 radical (unpaired) electrons. The van der Waals surface area contributed by atoms with Crippen molar-refractivity contribution in [3.8, 4) is 0 Å². The number of thioether (sulfide) groups is 2. The minimum atomic E-state index is 0.233. The number of rotatable bonds is 6. The van der Waals surface area contributed by atoms with Gasteiger partial charge in [-0.3, -0.25) is 0 Å². The average molecular weight is 475 g/mol. The lowest BCUT2D eigenvalue weighted by atomic mass is 9.39. The van der Waals surface area contributed by atoms with E-state index in [4.69, 9.17) is 0 Å². The molecule has 0 unspecified atom stereocenters. The number of hydrogen-bond donors (Lipinski definition) is 0. The van der Waals surface area contributed by atoms with Crippen molar-refractivity contribution in [3.63, 3.8) is 0 Å². The molecule has 0 atom stereocenters. The molecule has 0 saturated carbocycles. The SMILES string of the molecule is CC(Br)=CCB(c1ccc(SC(C)(C)C)cc1)c1ccc(SC(C)(C)C)cc1. The smallest absolute Gasteiger partial charge is 0.120 e. The lowest BCUT2D eigenvalue weighted by molar-refractivity contribution is 0.802. The zero-order valence-electron chi connectivity index (χ0n) is 18.2. The summed E-state index contributed by atoms with van der Waals surface area (Å²) in [6.45, 7) is 16.0. The number of benzene rings is 2. The standard InChI is InChI=1S/C24H32BBrS2/c1-18(26)16-17-25(19-8-12-21(13-9-19)27-23(2,3)4)20-10-14-22(15-11-20)28-24(5,6)7/h8-16H,17H2,1-7H3. The normalized spacial score (nSPS) is 12.9. The molecular weight excluding hydrogens is 443 g/mol. The molecule has 0 nitrogen and oxygen atoms in total. The first-order valence-corrected chi connectivity index (χ1v) is 12.3. The Kier molecular flexibility index (Phi) is 8.43. The number of halogens is 1. The van der Waals surface area contributed by atoms with Gasteiger partial charge in [-0.25, -0.2) is 0 Å². The molecule has 0 aliphatic heterocycles. The van der Waals surface area contributed by atoms with Gasteiger partial charge in [0.25, 0.3) is 0 Å². The number of hydrogen-bond acceptors (Lipinski definition) is 2. The van der Waals surface area contributed by atoms with E-state index in [9.17, 15) is 0 Å². The lowest BCUT2D eigenvalue weighted by Gasteiger charge is -2.20. The van der Waals surface area contributed by atoms with Gasteiger partial charge in [0.15, 0.2) is 0 Å². The molecule has 0 spiro atoms. The molecule has 2 aromatic rings. The zero-order valence-corrected chi connectivity index (χ0v) is 21.4. The Morgan fingerprint density at radius 3 is 1.43 bits per heavy atom. The van der Waals surface area contributed by atoms with Crippen LogP contribution in [0.25, 0.3) is 0 Å². The van der Waals surface area contributed by atoms with Gasteiger partial charge in [-0.1, -0.05) is 98.7 Å². The van der Waals surface area contributed by atoms with Crippen molar-refractivity contribution in [3.05, 3.63) is 59.1 Å². The Hall–Kier alpha value is -0.575. The van der Waals surface area contributed by atoms with E-state index in [1.54, 1.807) is 0 Å². The van der Waals surface area contributed by atoms with Crippen LogP contribution in [0.4, 0.5) is 0 Å². The maximum atomic E-state index is 3.59. The highest BCUT2D eigenvalue weighted by molar-refractivity contribution is 9.11. The molecule has 2 aromatic carbocycles. The van der Waals surface area contributed by atoms with Gasteiger partial charge in [-0.2, -0.15) is 0 Å². The predicted octanol–water partition coefficient (Wildman–Crippen LogP) is 7.38. The molecule has 0 fully saturated rings. The molecule has 0 bridgehead atoms. The third kappa shape index (κ3) is 8.43. The van der Waals surface area contributed by atoms with Crippen LogP contribution in [0.3, 0.4) is 0 Å². The van der Waals surface area contributed by atoms with Crippen LogP contribution in [0.5, 0.6) is 0 Å². The van der Waals surface area contributed by atoms with Crippen molar-refractivity contribution in [2.75, 3.05) is 0 Å². The van der Waals surface area contributed by atoms with E-state index in [1.165, 1.54) is 25.2 Å². The van der Waals surface area contributed by atoms with Gasteiger partial charge in [0.2, 0.25) is 6.71 Å². The molecule has 0 saturated heterocycles. The topological polar surface area (TPSA) is 0 Å². The second-order valence-electron chi connectivity index (χ2n) is 9.15. The average Bonchev–Trinajstić information content (AvgIpc) is 2.55. The molecule has 0 aliphatic rings. The largest absolute Gasteiger partial charge is 0.213 e. The first-order chi connectivity index (χ1) is 12.9. The van der Waals surface area contributed by atoms with Gasteiger partial charge in [0.05, 0.1) is 0 Å². The Balaban J connectivity index is 2.28. The van der Waals surface area contributed by atoms with E-state index in [0.29, 0.717) is 6.71 Å². The van der Waals surface area contributed by atoms with Gasteiger partial charge >= 0.3 is 0 Å². The van der Waals surface area contributed by atoms with E-state index >= 15 is 0 Å². The van der Waals surface area contributed by atoms with Crippen molar-refractivity contribution in [2.45, 2.75) is 74.1 Å². The van der Waals surface area contributed by atoms with E-state index in [2.05, 4.69) is 119 Å². The van der Waals surface area contributed by atoms with E-state index < -0.39 is 0 Å². The monoisotopic (exact) mass is 474 g/mol. The van der Waals surface area contributed by atoms with Crippen molar-refractivity contribution in [1.82, 2.24) is 0 Å². The van der Waals surface area contributed by atoms with Gasteiger partial charge < -0.3 is 0 Å². The summed E-state index contributed by atoms with van der Waals surface area (Å²) in [6, 6.07) is 18.3. The second-order valence-corrected chi connectivity index (χ2v) is 14.2. The van der Waals surface area contributed by atoms with Crippen LogP contribution in [0.15, 0.2) is 68.9 Å². The van der Waals surface area contributed by atoms with Crippen molar-refractivity contribution in [1.29, 1.82) is 0 Å². The highest BCUT2D eigenvalue weighted by atomic mass is 79.9. The van der Waals surface area contributed by atoms with Gasteiger partial charge in [0, 0.05) is 19.3 Å². The Morgan fingerprint density at radius 1 is 0.786 bits per heavy atom. The second kappa shape index (κ2) is 9.95. The quantitative estimate of drug-likeness (QED) is 0.316. The van der Waals surface area contributed by atoms with Crippen LogP contribution in [-0.2, 0) is 0 Å². The molecule has 150 valence electrons. The maximum absolute atomic E-state index is 3.59. The highest BCUT2D eigenvalue weighted by Crippen LogP contribution is 2.32. The molecule has 0 N–H and O–H groups in total. The van der Waals surface area contributed by atoms with Crippen LogP contribution in [-0.4, -0.2) is 16.2 Å². The van der Waals surface area contributed by atoms with Crippen molar-refractivity contribution in [2.24, 2.45) is 0 Å². The summed E-state index contributed by atoms with van der Waals surface area (Å²) in [6.07, 6.45) is 3.27. The molecular formula is C24H32BBrS2. The van der Waals surface area contributed by atoms with Crippen LogP contribution in [0.2, 0.25) is 6.32 Å². The zero-order chi connectivity index (χ0) is 20.9. The fourth-order valence-corrected chi connectivity index (χ4v) is 5.13. The lowest BCUT2D eigenvalue weighted by Crippen LogP contribution is -2.41. The summed E-state index contributed by atoms with van der Waals surface area (Å²) < 4.78 is 1.66. The van der Waals surface area contributed by atoms with Crippen molar-refractivity contribution >= 4 is 57.1 Å². The Labute approximate surface area is 189 Å². The fourth-order valence-electron chi connectivity index (χ4n) is 2.99. The van der Waals surface area contributed by atoms with E-state index in [1.807, 2.05) is 23.5 Å². The van der Waals surface area contributed by atoms with Crippen LogP contribution in [0.1, 0.15) is 48.5 Å². The van der Waals surface area contributed by atoms with E-state index in [-0.39, 0.29) is 9.49 Å². The highest BCUT2D eigenvalue weighted by Gasteiger charge is 2.20. The molecule has 0 aromatic heterocycles. The third-order valence-electron chi connectivity index (χ3n) is 4.05. The minimum absolute atomic E-state index is 0.233. The molecule has 28 heavy (non-hydrogen) atoms. The molecule has 2 rings (SSSR count). The Morgan fingerprint density at radius 2 is 1.14 bits per heavy atom. The van der Waals surface area contributed by atoms with Gasteiger partial charge in [0.1, 0.15) is 0 Å². The maximum Gasteiger partial charge on any atom is 0.213 e. The molecule has 0 heterocycles. The number of allylic oxidation sites excluding steroid dienone is 2. The fraction of sp³-hybridized carbons (Fsp3) is 0.417. The Bertz CT molecular complexity index is 718. The first kappa shape index (κ1) is 23.7. The molecule has 4 heteroatoms. The van der Waals surface area contributed by atoms with E-state index in [0.717, 1.165) is 6.32 Å². The summed E-state index contributed by atoms with van der Waals surface area (Å²) in [5, 5.41) is 0. The minimum Gasteiger partial charge on any atom is -0.120 e. The summed E-state index contributed by atoms with van der Waals surface area (Å²) in [5.74, 6) is 0. The van der Waals surface area contributed by atoms with Crippen LogP contribution < -0.4 is 10.9 Å². The van der Waals surface area contributed by atoms with Gasteiger partial charge in [-0.15, -0.1) is 23.5 Å². The van der Waals surface area contributed by atoms with Crippen LogP contribution in [0, 0.1) is 0 Å². The molecule has 0 amide bonds. The van der Waals surface area contributed by atoms with Crippen LogP contribution >= 0.6 is 39.5 Å². The summed E-state index contributed by atoms with van der Waals surface area (Å²) >= 11 is 7.43. The third-order valence-corrected chi connectivity index (χ3v) is 6.61. The summed E-state index contributed by atoms with van der Waals surface area (Å²) in [4.78, 5) is 2.67.